The SMILES string of the molecule is CC[C@@H](C(=O)NC)N(Cc1ccccc1C)C(=O)CN(c1ccccc1OC)S(=O)(=O)c1ccccc1. The van der Waals surface area contributed by atoms with Crippen LogP contribution in [0.5, 0.6) is 5.75 Å². The Balaban J connectivity index is 2.10. The predicted molar refractivity (Wildman–Crippen MR) is 144 cm³/mol. The van der Waals surface area contributed by atoms with Crippen LogP contribution in [0.2, 0.25) is 0 Å². The van der Waals surface area contributed by atoms with Crippen LogP contribution in [0.1, 0.15) is 24.5 Å². The third kappa shape index (κ3) is 6.29. The number of hydrogen-bond acceptors (Lipinski definition) is 5. The van der Waals surface area contributed by atoms with Crippen LogP contribution >= 0.6 is 0 Å². The van der Waals surface area contributed by atoms with Gasteiger partial charge in [0.2, 0.25) is 11.8 Å². The third-order valence-electron chi connectivity index (χ3n) is 6.20. The van der Waals surface area contributed by atoms with Gasteiger partial charge >= 0.3 is 0 Å². The summed E-state index contributed by atoms with van der Waals surface area (Å²) in [5.41, 5.74) is 2.06. The number of sulfonamides is 1. The van der Waals surface area contributed by atoms with Crippen LogP contribution in [-0.4, -0.2) is 51.9 Å². The van der Waals surface area contributed by atoms with Gasteiger partial charge in [0.25, 0.3) is 10.0 Å². The first-order valence-corrected chi connectivity index (χ1v) is 13.4. The molecule has 0 bridgehead atoms. The highest BCUT2D eigenvalue weighted by Crippen LogP contribution is 2.32. The van der Waals surface area contributed by atoms with E-state index in [2.05, 4.69) is 5.32 Å². The lowest BCUT2D eigenvalue weighted by Gasteiger charge is -2.33. The molecule has 2 amide bonds. The highest BCUT2D eigenvalue weighted by molar-refractivity contribution is 7.92. The monoisotopic (exact) mass is 523 g/mol. The van der Waals surface area contributed by atoms with Crippen molar-refractivity contribution in [1.29, 1.82) is 0 Å². The summed E-state index contributed by atoms with van der Waals surface area (Å²) >= 11 is 0. The van der Waals surface area contributed by atoms with Gasteiger partial charge < -0.3 is 15.0 Å². The number of rotatable bonds is 11. The number of carbonyl (C=O) groups excluding carboxylic acids is 2. The number of ether oxygens (including phenoxy) is 1. The summed E-state index contributed by atoms with van der Waals surface area (Å²) in [6, 6.07) is 21.4. The minimum absolute atomic E-state index is 0.0394. The Morgan fingerprint density at radius 2 is 1.57 bits per heavy atom. The van der Waals surface area contributed by atoms with Crippen molar-refractivity contribution in [1.82, 2.24) is 10.2 Å². The van der Waals surface area contributed by atoms with Gasteiger partial charge in [-0.2, -0.15) is 0 Å². The second-order valence-electron chi connectivity index (χ2n) is 8.48. The number of nitrogens with one attached hydrogen (secondary N) is 1. The molecule has 1 atom stereocenters. The predicted octanol–water partition coefficient (Wildman–Crippen LogP) is 3.75. The van der Waals surface area contributed by atoms with Gasteiger partial charge in [0.05, 0.1) is 17.7 Å². The van der Waals surface area contributed by atoms with E-state index in [-0.39, 0.29) is 23.0 Å². The number of anilines is 1. The maximum Gasteiger partial charge on any atom is 0.264 e. The van der Waals surface area contributed by atoms with Gasteiger partial charge in [-0.1, -0.05) is 61.5 Å². The maximum absolute atomic E-state index is 13.9. The summed E-state index contributed by atoms with van der Waals surface area (Å²) in [7, 11) is -1.19. The lowest BCUT2D eigenvalue weighted by Crippen LogP contribution is -2.51. The van der Waals surface area contributed by atoms with Crippen LogP contribution in [0.25, 0.3) is 0 Å². The van der Waals surface area contributed by atoms with Gasteiger partial charge in [0.15, 0.2) is 0 Å². The summed E-state index contributed by atoms with van der Waals surface area (Å²) in [5, 5.41) is 2.63. The summed E-state index contributed by atoms with van der Waals surface area (Å²) in [5.74, 6) is -0.526. The molecule has 37 heavy (non-hydrogen) atoms. The van der Waals surface area contributed by atoms with Crippen molar-refractivity contribution in [2.75, 3.05) is 25.0 Å². The fraction of sp³-hybridized carbons (Fsp3) is 0.286. The summed E-state index contributed by atoms with van der Waals surface area (Å²) in [6.07, 6.45) is 0.359. The fourth-order valence-electron chi connectivity index (χ4n) is 4.13. The third-order valence-corrected chi connectivity index (χ3v) is 7.97. The lowest BCUT2D eigenvalue weighted by atomic mass is 10.1. The van der Waals surface area contributed by atoms with Crippen LogP contribution in [0.3, 0.4) is 0 Å². The molecule has 196 valence electrons. The zero-order valence-electron chi connectivity index (χ0n) is 21.5. The Morgan fingerprint density at radius 1 is 0.946 bits per heavy atom. The number of methoxy groups -OCH3 is 1. The van der Waals surface area contributed by atoms with Crippen LogP contribution in [0, 0.1) is 6.92 Å². The zero-order chi connectivity index (χ0) is 27.0. The van der Waals surface area contributed by atoms with Gasteiger partial charge in [0.1, 0.15) is 18.3 Å². The Kier molecular flexibility index (Phi) is 9.30. The highest BCUT2D eigenvalue weighted by Gasteiger charge is 2.34. The summed E-state index contributed by atoms with van der Waals surface area (Å²) < 4.78 is 34.1. The maximum atomic E-state index is 13.9. The number of likely N-dealkylation sites (N-methyl/N-ethyl adjacent to an activating group) is 1. The molecule has 3 aromatic rings. The van der Waals surface area contributed by atoms with E-state index in [0.717, 1.165) is 15.4 Å². The van der Waals surface area contributed by atoms with Crippen molar-refractivity contribution in [3.8, 4) is 5.75 Å². The van der Waals surface area contributed by atoms with Crippen molar-refractivity contribution in [3.05, 3.63) is 90.0 Å². The molecule has 0 fully saturated rings. The van der Waals surface area contributed by atoms with Crippen molar-refractivity contribution in [2.24, 2.45) is 0 Å². The second kappa shape index (κ2) is 12.4. The standard InChI is InChI=1S/C28H33N3O5S/c1-5-24(28(33)29-3)30(19-22-14-10-9-13-21(22)2)27(32)20-31(25-17-11-12-18-26(25)36-4)37(34,35)23-15-7-6-8-16-23/h6-18,24H,5,19-20H2,1-4H3,(H,29,33)/t24-/m0/s1. The lowest BCUT2D eigenvalue weighted by molar-refractivity contribution is -0.140. The first-order chi connectivity index (χ1) is 17.7. The molecule has 0 aromatic heterocycles. The highest BCUT2D eigenvalue weighted by atomic mass is 32.2. The number of benzene rings is 3. The van der Waals surface area contributed by atoms with E-state index in [1.807, 2.05) is 38.1 Å². The molecule has 0 radical (unpaired) electrons. The molecule has 0 saturated heterocycles. The van der Waals surface area contributed by atoms with Crippen LogP contribution in [0.4, 0.5) is 5.69 Å². The molecule has 3 rings (SSSR count). The molecule has 0 aliphatic rings. The molecule has 8 nitrogen and oxygen atoms in total. The number of carbonyl (C=O) groups is 2. The largest absolute Gasteiger partial charge is 0.495 e. The number of aryl methyl sites for hydroxylation is 1. The van der Waals surface area contributed by atoms with Gasteiger partial charge in [-0.25, -0.2) is 8.42 Å². The number of nitrogens with zero attached hydrogens (tertiary/aromatic N) is 2. The number of hydrogen-bond donors (Lipinski definition) is 1. The van der Waals surface area contributed by atoms with E-state index in [1.165, 1.54) is 31.2 Å². The summed E-state index contributed by atoms with van der Waals surface area (Å²) in [6.45, 7) is 3.39. The topological polar surface area (TPSA) is 96.0 Å². The van der Waals surface area contributed by atoms with E-state index < -0.39 is 28.5 Å². The molecule has 0 aliphatic carbocycles. The van der Waals surface area contributed by atoms with Crippen molar-refractivity contribution in [2.45, 2.75) is 37.8 Å². The molecule has 0 heterocycles. The average Bonchev–Trinajstić information content (AvgIpc) is 2.92. The number of amides is 2. The van der Waals surface area contributed by atoms with Crippen molar-refractivity contribution >= 4 is 27.5 Å². The van der Waals surface area contributed by atoms with Gasteiger partial charge in [-0.15, -0.1) is 0 Å². The van der Waals surface area contributed by atoms with Crippen LogP contribution in [-0.2, 0) is 26.2 Å². The molecule has 9 heteroatoms. The Bertz CT molecular complexity index is 1330. The molecule has 0 saturated carbocycles. The normalized spacial score (nSPS) is 11.9. The van der Waals surface area contributed by atoms with E-state index >= 15 is 0 Å². The quantitative estimate of drug-likeness (QED) is 0.413. The molecule has 0 aliphatic heterocycles. The first kappa shape index (κ1) is 27.7. The van der Waals surface area contributed by atoms with E-state index in [0.29, 0.717) is 12.2 Å². The van der Waals surface area contributed by atoms with Gasteiger partial charge in [-0.3, -0.25) is 13.9 Å². The average molecular weight is 524 g/mol. The zero-order valence-corrected chi connectivity index (χ0v) is 22.4. The van der Waals surface area contributed by atoms with E-state index in [4.69, 9.17) is 4.74 Å². The Hall–Kier alpha value is -3.85. The minimum Gasteiger partial charge on any atom is -0.495 e. The second-order valence-corrected chi connectivity index (χ2v) is 10.3. The molecule has 1 N–H and O–H groups in total. The van der Waals surface area contributed by atoms with Crippen LogP contribution in [0.15, 0.2) is 83.8 Å². The minimum atomic E-state index is -4.15. The van der Waals surface area contributed by atoms with E-state index in [9.17, 15) is 18.0 Å². The first-order valence-electron chi connectivity index (χ1n) is 12.0. The van der Waals surface area contributed by atoms with Gasteiger partial charge in [0, 0.05) is 13.6 Å². The van der Waals surface area contributed by atoms with Crippen molar-refractivity contribution < 1.29 is 22.7 Å². The molecular weight excluding hydrogens is 490 g/mol. The molecule has 0 spiro atoms. The smallest absolute Gasteiger partial charge is 0.264 e. The van der Waals surface area contributed by atoms with Crippen molar-refractivity contribution in [3.63, 3.8) is 0 Å². The Labute approximate surface area is 218 Å². The molecule has 3 aromatic carbocycles. The van der Waals surface area contributed by atoms with Crippen LogP contribution < -0.4 is 14.4 Å². The Morgan fingerprint density at radius 3 is 2.19 bits per heavy atom. The van der Waals surface area contributed by atoms with E-state index in [1.54, 1.807) is 42.5 Å². The fourth-order valence-corrected chi connectivity index (χ4v) is 5.57. The molecule has 0 unspecified atom stereocenters. The number of para-hydroxylation sites is 2. The summed E-state index contributed by atoms with van der Waals surface area (Å²) in [4.78, 5) is 28.2. The molecular formula is C28H33N3O5S. The van der Waals surface area contributed by atoms with Gasteiger partial charge in [-0.05, 0) is 48.7 Å².